The lowest BCUT2D eigenvalue weighted by molar-refractivity contribution is -0.119. The molecule has 0 radical (unpaired) electrons. The molecule has 1 aliphatic rings. The summed E-state index contributed by atoms with van der Waals surface area (Å²) >= 11 is 5.79. The molecule has 1 saturated heterocycles. The smallest absolute Gasteiger partial charge is 0.250 e. The number of hydrogen-bond acceptors (Lipinski definition) is 5. The molecule has 0 saturated carbocycles. The molecule has 2 heterocycles. The zero-order valence-electron chi connectivity index (χ0n) is 9.17. The zero-order chi connectivity index (χ0) is 13.3. The van der Waals surface area contributed by atoms with Crippen LogP contribution >= 0.6 is 23.6 Å². The van der Waals surface area contributed by atoms with Crippen LogP contribution in [0.3, 0.4) is 0 Å². The predicted molar refractivity (Wildman–Crippen MR) is 71.9 cm³/mol. The summed E-state index contributed by atoms with van der Waals surface area (Å²) in [5.74, 6) is -0.155. The number of thiocarbonyl (C=S) groups is 1. The van der Waals surface area contributed by atoms with Gasteiger partial charge in [-0.15, -0.1) is 11.3 Å². The second kappa shape index (κ2) is 4.92. The Balaban J connectivity index is 2.15. The molecule has 1 amide bonds. The van der Waals surface area contributed by atoms with Crippen molar-refractivity contribution >= 4 is 44.5 Å². The van der Waals surface area contributed by atoms with E-state index in [0.29, 0.717) is 11.4 Å². The van der Waals surface area contributed by atoms with E-state index in [-0.39, 0.29) is 21.5 Å². The van der Waals surface area contributed by atoms with E-state index in [1.165, 1.54) is 6.07 Å². The Kier molecular flexibility index (Phi) is 3.66. The minimum atomic E-state index is -3.62. The quantitative estimate of drug-likeness (QED) is 0.654. The molecule has 0 spiro atoms. The predicted octanol–water partition coefficient (Wildman–Crippen LogP) is -0.451. The van der Waals surface area contributed by atoms with Crippen LogP contribution in [0.4, 0.5) is 0 Å². The van der Waals surface area contributed by atoms with Crippen molar-refractivity contribution in [1.29, 1.82) is 0 Å². The summed E-state index contributed by atoms with van der Waals surface area (Å²) < 4.78 is 26.6. The first kappa shape index (κ1) is 13.4. The summed E-state index contributed by atoms with van der Waals surface area (Å²) in [6, 6.07) is 2.61. The highest BCUT2D eigenvalue weighted by molar-refractivity contribution is 7.91. The maximum atomic E-state index is 12.0. The average Bonchev–Trinajstić information content (AvgIpc) is 2.86. The first-order valence-corrected chi connectivity index (χ1v) is 7.78. The highest BCUT2D eigenvalue weighted by Crippen LogP contribution is 2.22. The normalized spacial score (nSPS) is 19.8. The van der Waals surface area contributed by atoms with Crippen LogP contribution < -0.4 is 15.8 Å². The molecule has 2 rings (SSSR count). The van der Waals surface area contributed by atoms with Crippen molar-refractivity contribution < 1.29 is 13.2 Å². The van der Waals surface area contributed by atoms with Crippen LogP contribution in [-0.4, -0.2) is 31.9 Å². The van der Waals surface area contributed by atoms with Gasteiger partial charge in [-0.3, -0.25) is 4.79 Å². The summed E-state index contributed by atoms with van der Waals surface area (Å²) in [4.78, 5) is 11.7. The van der Waals surface area contributed by atoms with Crippen LogP contribution in [0.15, 0.2) is 16.3 Å². The lowest BCUT2D eigenvalue weighted by atomic mass is 10.3. The van der Waals surface area contributed by atoms with Crippen LogP contribution in [0.1, 0.15) is 11.3 Å². The van der Waals surface area contributed by atoms with Gasteiger partial charge < -0.3 is 11.1 Å². The fourth-order valence-electron chi connectivity index (χ4n) is 1.56. The molecule has 1 unspecified atom stereocenters. The van der Waals surface area contributed by atoms with E-state index >= 15 is 0 Å². The van der Waals surface area contributed by atoms with Gasteiger partial charge in [-0.2, -0.15) is 0 Å². The van der Waals surface area contributed by atoms with Crippen LogP contribution in [0.25, 0.3) is 0 Å². The molecule has 4 N–H and O–H groups in total. The standard InChI is InChI=1S/C9H11N3O3S3/c10-9(16)6-1-2-8(17-6)18(14,15)12-5-3-7(13)11-4-5/h1-2,5,12H,3-4H2,(H2,10,16)(H,11,13). The molecule has 1 aliphatic heterocycles. The highest BCUT2D eigenvalue weighted by atomic mass is 32.2. The monoisotopic (exact) mass is 305 g/mol. The minimum Gasteiger partial charge on any atom is -0.389 e. The SMILES string of the molecule is NC(=S)c1ccc(S(=O)(=O)NC2CNC(=O)C2)s1. The third kappa shape index (κ3) is 2.86. The molecule has 1 aromatic heterocycles. The van der Waals surface area contributed by atoms with Crippen molar-refractivity contribution in [2.75, 3.05) is 6.54 Å². The molecule has 18 heavy (non-hydrogen) atoms. The van der Waals surface area contributed by atoms with Gasteiger partial charge >= 0.3 is 0 Å². The zero-order valence-corrected chi connectivity index (χ0v) is 11.6. The van der Waals surface area contributed by atoms with E-state index in [4.69, 9.17) is 18.0 Å². The van der Waals surface area contributed by atoms with Gasteiger partial charge in [0.15, 0.2) is 0 Å². The second-order valence-corrected chi connectivity index (χ2v) is 7.27. The Morgan fingerprint density at radius 2 is 2.28 bits per heavy atom. The molecule has 0 bridgehead atoms. The van der Waals surface area contributed by atoms with Crippen molar-refractivity contribution in [1.82, 2.24) is 10.0 Å². The van der Waals surface area contributed by atoms with E-state index in [2.05, 4.69) is 10.0 Å². The van der Waals surface area contributed by atoms with Gasteiger partial charge in [0.25, 0.3) is 0 Å². The number of sulfonamides is 1. The minimum absolute atomic E-state index is 0.143. The van der Waals surface area contributed by atoms with Gasteiger partial charge in [0.1, 0.15) is 9.20 Å². The highest BCUT2D eigenvalue weighted by Gasteiger charge is 2.27. The summed E-state index contributed by atoms with van der Waals surface area (Å²) in [5, 5.41) is 2.56. The third-order valence-electron chi connectivity index (χ3n) is 2.39. The van der Waals surface area contributed by atoms with Gasteiger partial charge in [0, 0.05) is 19.0 Å². The van der Waals surface area contributed by atoms with E-state index in [1.54, 1.807) is 6.07 Å². The molecule has 1 fully saturated rings. The van der Waals surface area contributed by atoms with Gasteiger partial charge in [-0.1, -0.05) is 12.2 Å². The Hall–Kier alpha value is -1.03. The number of thiophene rings is 1. The summed E-state index contributed by atoms with van der Waals surface area (Å²) in [5.41, 5.74) is 5.42. The van der Waals surface area contributed by atoms with Crippen LogP contribution in [0.2, 0.25) is 0 Å². The van der Waals surface area contributed by atoms with E-state index in [9.17, 15) is 13.2 Å². The first-order chi connectivity index (χ1) is 8.38. The third-order valence-corrected chi connectivity index (χ3v) is 5.87. The molecule has 0 aliphatic carbocycles. The van der Waals surface area contributed by atoms with Gasteiger partial charge in [0.05, 0.1) is 4.88 Å². The number of nitrogens with one attached hydrogen (secondary N) is 2. The van der Waals surface area contributed by atoms with E-state index in [0.717, 1.165) is 11.3 Å². The molecular formula is C9H11N3O3S3. The topological polar surface area (TPSA) is 101 Å². The Bertz CT molecular complexity index is 593. The number of amides is 1. The largest absolute Gasteiger partial charge is 0.389 e. The number of carbonyl (C=O) groups excluding carboxylic acids is 1. The van der Waals surface area contributed by atoms with E-state index < -0.39 is 16.1 Å². The fourth-order valence-corrected chi connectivity index (χ4v) is 4.17. The van der Waals surface area contributed by atoms with Crippen molar-refractivity contribution in [3.63, 3.8) is 0 Å². The maximum absolute atomic E-state index is 12.0. The molecule has 6 nitrogen and oxygen atoms in total. The van der Waals surface area contributed by atoms with Crippen LogP contribution in [0.5, 0.6) is 0 Å². The Labute approximate surface area is 114 Å². The molecular weight excluding hydrogens is 294 g/mol. The van der Waals surface area contributed by atoms with Crippen LogP contribution in [-0.2, 0) is 14.8 Å². The van der Waals surface area contributed by atoms with Gasteiger partial charge in [-0.05, 0) is 12.1 Å². The molecule has 0 aromatic carbocycles. The molecule has 1 aromatic rings. The van der Waals surface area contributed by atoms with Crippen molar-refractivity contribution in [3.05, 3.63) is 17.0 Å². The van der Waals surface area contributed by atoms with E-state index in [1.807, 2.05) is 0 Å². The Morgan fingerprint density at radius 1 is 1.56 bits per heavy atom. The van der Waals surface area contributed by atoms with Crippen molar-refractivity contribution in [2.24, 2.45) is 5.73 Å². The molecule has 1 atom stereocenters. The van der Waals surface area contributed by atoms with Crippen molar-refractivity contribution in [3.8, 4) is 0 Å². The summed E-state index contributed by atoms with van der Waals surface area (Å²) in [6.45, 7) is 0.311. The summed E-state index contributed by atoms with van der Waals surface area (Å²) in [6.07, 6.45) is 0.159. The first-order valence-electron chi connectivity index (χ1n) is 5.07. The lowest BCUT2D eigenvalue weighted by Gasteiger charge is -2.09. The summed E-state index contributed by atoms with van der Waals surface area (Å²) in [7, 11) is -3.62. The van der Waals surface area contributed by atoms with Crippen molar-refractivity contribution in [2.45, 2.75) is 16.7 Å². The number of rotatable bonds is 4. The number of carbonyl (C=O) groups is 1. The van der Waals surface area contributed by atoms with Crippen LogP contribution in [0, 0.1) is 0 Å². The average molecular weight is 305 g/mol. The second-order valence-electron chi connectivity index (χ2n) is 3.81. The number of nitrogens with two attached hydrogens (primary N) is 1. The fraction of sp³-hybridized carbons (Fsp3) is 0.333. The number of hydrogen-bond donors (Lipinski definition) is 3. The van der Waals surface area contributed by atoms with Gasteiger partial charge in [-0.25, -0.2) is 13.1 Å². The maximum Gasteiger partial charge on any atom is 0.250 e. The molecule has 9 heteroatoms. The lowest BCUT2D eigenvalue weighted by Crippen LogP contribution is -2.35. The molecule has 98 valence electrons. The van der Waals surface area contributed by atoms with Gasteiger partial charge in [0.2, 0.25) is 15.9 Å². The Morgan fingerprint density at radius 3 is 2.78 bits per heavy atom.